The summed E-state index contributed by atoms with van der Waals surface area (Å²) in [5.74, 6) is 0.0970. The molecule has 3 heteroatoms. The molecule has 1 aliphatic carbocycles. The smallest absolute Gasteiger partial charge is 0.235 e. The fraction of sp³-hybridized carbons (Fsp3) is 0.136. The molecule has 0 spiro atoms. The van der Waals surface area contributed by atoms with Gasteiger partial charge in [0.05, 0.1) is 11.1 Å². The summed E-state index contributed by atoms with van der Waals surface area (Å²) in [7, 11) is 0. The SMILES string of the molecule is O=C(Nc1ccccc1Sc1ccccc1)C1(c2ccccc2)CC1. The molecule has 1 saturated carbocycles. The maximum atomic E-state index is 13.0. The van der Waals surface area contributed by atoms with Crippen LogP contribution in [0, 0.1) is 0 Å². The Hall–Kier alpha value is -2.52. The number of para-hydroxylation sites is 1. The number of nitrogens with one attached hydrogen (secondary N) is 1. The van der Waals surface area contributed by atoms with Crippen molar-refractivity contribution in [2.75, 3.05) is 5.32 Å². The van der Waals surface area contributed by atoms with Crippen LogP contribution in [-0.4, -0.2) is 5.91 Å². The first kappa shape index (κ1) is 16.0. The first-order valence-electron chi connectivity index (χ1n) is 8.47. The molecule has 0 bridgehead atoms. The van der Waals surface area contributed by atoms with Crippen molar-refractivity contribution >= 4 is 23.4 Å². The molecule has 124 valence electrons. The van der Waals surface area contributed by atoms with Gasteiger partial charge in [-0.1, -0.05) is 72.4 Å². The standard InChI is InChI=1S/C22H19NOS/c24-21(22(15-16-22)17-9-3-1-4-10-17)23-19-13-7-8-14-20(19)25-18-11-5-2-6-12-18/h1-14H,15-16H2,(H,23,24). The van der Waals surface area contributed by atoms with Crippen LogP contribution in [0.4, 0.5) is 5.69 Å². The van der Waals surface area contributed by atoms with E-state index in [-0.39, 0.29) is 11.3 Å². The highest BCUT2D eigenvalue weighted by Crippen LogP contribution is 2.49. The molecule has 1 fully saturated rings. The predicted molar refractivity (Wildman–Crippen MR) is 103 cm³/mol. The second-order valence-corrected chi connectivity index (χ2v) is 7.43. The van der Waals surface area contributed by atoms with Crippen LogP contribution in [0.25, 0.3) is 0 Å². The normalized spacial score (nSPS) is 14.7. The molecule has 1 amide bonds. The van der Waals surface area contributed by atoms with Crippen molar-refractivity contribution in [3.63, 3.8) is 0 Å². The number of carbonyl (C=O) groups excluding carboxylic acids is 1. The molecule has 0 aromatic heterocycles. The maximum absolute atomic E-state index is 13.0. The van der Waals surface area contributed by atoms with E-state index in [1.165, 1.54) is 0 Å². The summed E-state index contributed by atoms with van der Waals surface area (Å²) in [6.45, 7) is 0. The molecule has 4 rings (SSSR count). The molecule has 0 unspecified atom stereocenters. The number of amides is 1. The number of carbonyl (C=O) groups is 1. The quantitative estimate of drug-likeness (QED) is 0.661. The second-order valence-electron chi connectivity index (χ2n) is 6.31. The van der Waals surface area contributed by atoms with E-state index in [0.717, 1.165) is 33.9 Å². The van der Waals surface area contributed by atoms with Gasteiger partial charge in [0.2, 0.25) is 5.91 Å². The van der Waals surface area contributed by atoms with Crippen LogP contribution in [0.5, 0.6) is 0 Å². The summed E-state index contributed by atoms with van der Waals surface area (Å²) < 4.78 is 0. The Morgan fingerprint density at radius 3 is 2.08 bits per heavy atom. The minimum atomic E-state index is -0.355. The number of rotatable bonds is 5. The lowest BCUT2D eigenvalue weighted by molar-refractivity contribution is -0.118. The van der Waals surface area contributed by atoms with Gasteiger partial charge in [-0.3, -0.25) is 4.79 Å². The largest absolute Gasteiger partial charge is 0.324 e. The van der Waals surface area contributed by atoms with Gasteiger partial charge in [-0.2, -0.15) is 0 Å². The molecule has 3 aromatic rings. The molecule has 0 heterocycles. The van der Waals surface area contributed by atoms with E-state index < -0.39 is 0 Å². The number of hydrogen-bond acceptors (Lipinski definition) is 2. The lowest BCUT2D eigenvalue weighted by Crippen LogP contribution is -2.27. The summed E-state index contributed by atoms with van der Waals surface area (Å²) in [6, 6.07) is 28.3. The zero-order chi connectivity index (χ0) is 17.1. The van der Waals surface area contributed by atoms with E-state index in [9.17, 15) is 4.79 Å². The fourth-order valence-corrected chi connectivity index (χ4v) is 3.97. The molecule has 3 aromatic carbocycles. The van der Waals surface area contributed by atoms with Crippen LogP contribution in [0.1, 0.15) is 18.4 Å². The number of benzene rings is 3. The van der Waals surface area contributed by atoms with Gasteiger partial charge in [-0.25, -0.2) is 0 Å². The average Bonchev–Trinajstić information content (AvgIpc) is 3.47. The highest BCUT2D eigenvalue weighted by atomic mass is 32.2. The van der Waals surface area contributed by atoms with Gasteiger partial charge in [0.25, 0.3) is 0 Å². The molecular weight excluding hydrogens is 326 g/mol. The lowest BCUT2D eigenvalue weighted by atomic mass is 9.95. The van der Waals surface area contributed by atoms with Gasteiger partial charge in [-0.15, -0.1) is 0 Å². The minimum absolute atomic E-state index is 0.0970. The van der Waals surface area contributed by atoms with Crippen LogP contribution in [0.3, 0.4) is 0 Å². The van der Waals surface area contributed by atoms with E-state index in [1.807, 2.05) is 54.6 Å². The van der Waals surface area contributed by atoms with Crippen molar-refractivity contribution in [1.82, 2.24) is 0 Å². The van der Waals surface area contributed by atoms with Crippen molar-refractivity contribution in [3.05, 3.63) is 90.5 Å². The molecule has 0 radical (unpaired) electrons. The Morgan fingerprint density at radius 2 is 1.40 bits per heavy atom. The zero-order valence-electron chi connectivity index (χ0n) is 13.8. The Labute approximate surface area is 152 Å². The molecule has 0 aliphatic heterocycles. The molecule has 25 heavy (non-hydrogen) atoms. The summed E-state index contributed by atoms with van der Waals surface area (Å²) in [5.41, 5.74) is 1.63. The van der Waals surface area contributed by atoms with Crippen molar-refractivity contribution in [2.24, 2.45) is 0 Å². The summed E-state index contributed by atoms with van der Waals surface area (Å²) >= 11 is 1.67. The van der Waals surface area contributed by atoms with E-state index in [4.69, 9.17) is 0 Å². The second kappa shape index (κ2) is 6.77. The number of anilines is 1. The lowest BCUT2D eigenvalue weighted by Gasteiger charge is -2.17. The Balaban J connectivity index is 1.56. The fourth-order valence-electron chi connectivity index (χ4n) is 3.05. The van der Waals surface area contributed by atoms with E-state index in [1.54, 1.807) is 11.8 Å². The van der Waals surface area contributed by atoms with Crippen LogP contribution in [-0.2, 0) is 10.2 Å². The Morgan fingerprint density at radius 1 is 0.800 bits per heavy atom. The summed E-state index contributed by atoms with van der Waals surface area (Å²) in [5, 5.41) is 3.17. The summed E-state index contributed by atoms with van der Waals surface area (Å²) in [6.07, 6.45) is 1.83. The highest BCUT2D eigenvalue weighted by Gasteiger charge is 2.51. The van der Waals surface area contributed by atoms with Gasteiger partial charge in [0, 0.05) is 9.79 Å². The van der Waals surface area contributed by atoms with Gasteiger partial charge in [0.1, 0.15) is 0 Å². The predicted octanol–water partition coefficient (Wildman–Crippen LogP) is 5.51. The van der Waals surface area contributed by atoms with E-state index >= 15 is 0 Å². The monoisotopic (exact) mass is 345 g/mol. The molecule has 1 N–H and O–H groups in total. The Bertz CT molecular complexity index is 873. The van der Waals surface area contributed by atoms with Crippen molar-refractivity contribution in [2.45, 2.75) is 28.0 Å². The third kappa shape index (κ3) is 3.33. The number of hydrogen-bond donors (Lipinski definition) is 1. The van der Waals surface area contributed by atoms with Gasteiger partial charge in [-0.05, 0) is 42.7 Å². The van der Waals surface area contributed by atoms with Gasteiger partial charge < -0.3 is 5.32 Å². The highest BCUT2D eigenvalue weighted by molar-refractivity contribution is 7.99. The molecule has 2 nitrogen and oxygen atoms in total. The molecule has 0 atom stereocenters. The third-order valence-corrected chi connectivity index (χ3v) is 5.70. The third-order valence-electron chi connectivity index (χ3n) is 4.62. The molecule has 1 aliphatic rings. The topological polar surface area (TPSA) is 29.1 Å². The van der Waals surface area contributed by atoms with Crippen LogP contribution < -0.4 is 5.32 Å². The van der Waals surface area contributed by atoms with Crippen molar-refractivity contribution < 1.29 is 4.79 Å². The maximum Gasteiger partial charge on any atom is 0.235 e. The average molecular weight is 345 g/mol. The van der Waals surface area contributed by atoms with Gasteiger partial charge >= 0.3 is 0 Å². The summed E-state index contributed by atoms with van der Waals surface area (Å²) in [4.78, 5) is 15.2. The van der Waals surface area contributed by atoms with Crippen molar-refractivity contribution in [1.29, 1.82) is 0 Å². The minimum Gasteiger partial charge on any atom is -0.324 e. The molecular formula is C22H19NOS. The van der Waals surface area contributed by atoms with Crippen LogP contribution in [0.15, 0.2) is 94.7 Å². The first-order chi connectivity index (χ1) is 12.3. The zero-order valence-corrected chi connectivity index (χ0v) is 14.6. The van der Waals surface area contributed by atoms with Gasteiger partial charge in [0.15, 0.2) is 0 Å². The van der Waals surface area contributed by atoms with E-state index in [0.29, 0.717) is 0 Å². The van der Waals surface area contributed by atoms with Crippen LogP contribution >= 0.6 is 11.8 Å². The van der Waals surface area contributed by atoms with Crippen molar-refractivity contribution in [3.8, 4) is 0 Å². The van der Waals surface area contributed by atoms with E-state index in [2.05, 4.69) is 35.6 Å². The first-order valence-corrected chi connectivity index (χ1v) is 9.28. The molecule has 0 saturated heterocycles. The Kier molecular flexibility index (Phi) is 4.33. The van der Waals surface area contributed by atoms with Crippen LogP contribution in [0.2, 0.25) is 0 Å².